The van der Waals surface area contributed by atoms with Gasteiger partial charge in [0.1, 0.15) is 19.8 Å². The lowest BCUT2D eigenvalue weighted by Gasteiger charge is -2.26. The third-order valence-electron chi connectivity index (χ3n) is 14.7. The number of benzene rings is 6. The van der Waals surface area contributed by atoms with Crippen molar-refractivity contribution in [2.45, 2.75) is 71.9 Å². The van der Waals surface area contributed by atoms with Crippen LogP contribution in [0, 0.1) is 20.8 Å². The molecule has 0 saturated carbocycles. The number of thiophene rings is 3. The van der Waals surface area contributed by atoms with Gasteiger partial charge in [0, 0.05) is 40.5 Å². The highest BCUT2D eigenvalue weighted by Crippen LogP contribution is 2.39. The molecule has 0 aliphatic carbocycles. The van der Waals surface area contributed by atoms with E-state index in [0.717, 1.165) is 95.6 Å². The van der Waals surface area contributed by atoms with E-state index in [1.165, 1.54) is 59.1 Å². The Morgan fingerprint density at radius 3 is 1.24 bits per heavy atom. The van der Waals surface area contributed by atoms with Crippen molar-refractivity contribution < 1.29 is 28.4 Å². The molecule has 2 N–H and O–H groups in total. The quantitative estimate of drug-likeness (QED) is 0.0932. The van der Waals surface area contributed by atoms with Crippen LogP contribution in [0.3, 0.4) is 0 Å². The number of aryl methyl sites for hydroxylation is 3. The average Bonchev–Trinajstić information content (AvgIpc) is 4.19. The van der Waals surface area contributed by atoms with E-state index in [1.54, 1.807) is 55.3 Å². The summed E-state index contributed by atoms with van der Waals surface area (Å²) in [5.41, 5.74) is 15.0. The summed E-state index contributed by atoms with van der Waals surface area (Å²) in [6.45, 7) is 10.8. The molecule has 0 spiro atoms. The molecule has 9 nitrogen and oxygen atoms in total. The molecule has 9 aromatic rings. The van der Waals surface area contributed by atoms with E-state index in [9.17, 15) is 0 Å². The van der Waals surface area contributed by atoms with Gasteiger partial charge in [-0.2, -0.15) is 0 Å². The van der Waals surface area contributed by atoms with Gasteiger partial charge < -0.3 is 39.1 Å². The molecule has 6 aromatic carbocycles. The van der Waals surface area contributed by atoms with Crippen LogP contribution in [0.15, 0.2) is 184 Å². The molecule has 3 aromatic heterocycles. The van der Waals surface area contributed by atoms with Crippen molar-refractivity contribution in [2.24, 2.45) is 4.99 Å². The summed E-state index contributed by atoms with van der Waals surface area (Å²) in [6.07, 6.45) is 15.8. The molecular formula is C72H74BrN3O6S3. The summed E-state index contributed by atoms with van der Waals surface area (Å²) in [5, 5.41) is 13.6. The lowest BCUT2D eigenvalue weighted by atomic mass is 9.93. The Morgan fingerprint density at radius 1 is 0.471 bits per heavy atom. The van der Waals surface area contributed by atoms with Crippen molar-refractivity contribution in [1.82, 2.24) is 10.6 Å². The van der Waals surface area contributed by atoms with Crippen LogP contribution in [-0.2, 0) is 39.1 Å². The zero-order valence-corrected chi connectivity index (χ0v) is 53.2. The summed E-state index contributed by atoms with van der Waals surface area (Å²) >= 11 is 8.54. The number of hydrogen-bond donors (Lipinski definition) is 2. The monoisotopic (exact) mass is 1250 g/mol. The molecule has 438 valence electrons. The van der Waals surface area contributed by atoms with Crippen LogP contribution in [0.5, 0.6) is 34.5 Å². The number of rotatable bonds is 17. The number of methoxy groups -OCH3 is 3. The van der Waals surface area contributed by atoms with Crippen LogP contribution in [0.4, 0.5) is 0 Å². The molecule has 0 amide bonds. The van der Waals surface area contributed by atoms with Crippen molar-refractivity contribution in [2.75, 3.05) is 41.0 Å². The lowest BCUT2D eigenvalue weighted by molar-refractivity contribution is 0.283. The van der Waals surface area contributed by atoms with Crippen LogP contribution in [-0.4, -0.2) is 47.2 Å². The van der Waals surface area contributed by atoms with Gasteiger partial charge in [-0.25, -0.2) is 0 Å². The van der Waals surface area contributed by atoms with Gasteiger partial charge in [0.15, 0.2) is 34.5 Å². The Hall–Kier alpha value is -7.49. The Morgan fingerprint density at radius 2 is 0.859 bits per heavy atom. The highest BCUT2D eigenvalue weighted by molar-refractivity contribution is 9.11. The second-order valence-electron chi connectivity index (χ2n) is 20.5. The fourth-order valence-corrected chi connectivity index (χ4v) is 12.9. The van der Waals surface area contributed by atoms with E-state index in [2.05, 4.69) is 184 Å². The molecule has 2 unspecified atom stereocenters. The lowest BCUT2D eigenvalue weighted by Crippen LogP contribution is -2.28. The van der Waals surface area contributed by atoms with Gasteiger partial charge >= 0.3 is 0 Å². The van der Waals surface area contributed by atoms with Crippen LogP contribution in [0.2, 0.25) is 0 Å². The minimum Gasteiger partial charge on any atom is -0.493 e. The fraction of sp³-hybridized carbons (Fsp3) is 0.236. The zero-order valence-electron chi connectivity index (χ0n) is 49.1. The van der Waals surface area contributed by atoms with Gasteiger partial charge in [-0.05, 0) is 201 Å². The molecule has 13 heteroatoms. The molecule has 85 heavy (non-hydrogen) atoms. The van der Waals surface area contributed by atoms with Gasteiger partial charge in [-0.3, -0.25) is 4.99 Å². The SMILES string of the molecule is COc1cc2c(cc1OCc1ccccc1)CCN=C2.COc1cc2c(cc1OCc1ccccc1)CCNC2/C=C/c1sccc1C.COc1cc2c(cc1OCc1ccccc1)CCNC2/C=C/c1sccc1C.Cc1ccsc1/C=C/Br. The number of fused-ring (bicyclic) bond motifs is 3. The molecule has 3 aliphatic heterocycles. The molecule has 0 bridgehead atoms. The van der Waals surface area contributed by atoms with E-state index >= 15 is 0 Å². The van der Waals surface area contributed by atoms with Crippen LogP contribution >= 0.6 is 49.9 Å². The van der Waals surface area contributed by atoms with E-state index in [-0.39, 0.29) is 12.1 Å². The summed E-state index contributed by atoms with van der Waals surface area (Å²) in [6, 6.07) is 50.0. The molecule has 0 fully saturated rings. The van der Waals surface area contributed by atoms with Gasteiger partial charge in [0.05, 0.1) is 33.4 Å². The third-order valence-corrected chi connectivity index (χ3v) is 17.9. The van der Waals surface area contributed by atoms with E-state index in [4.69, 9.17) is 28.4 Å². The predicted octanol–water partition coefficient (Wildman–Crippen LogP) is 17.8. The highest BCUT2D eigenvalue weighted by atomic mass is 79.9. The second-order valence-corrected chi connectivity index (χ2v) is 23.9. The first kappa shape index (κ1) is 62.1. The minimum atomic E-state index is 0.183. The Bertz CT molecular complexity index is 3510. The Kier molecular flexibility index (Phi) is 23.5. The largest absolute Gasteiger partial charge is 0.493 e. The van der Waals surface area contributed by atoms with Crippen LogP contribution in [0.25, 0.3) is 18.2 Å². The van der Waals surface area contributed by atoms with Gasteiger partial charge in [0.25, 0.3) is 0 Å². The molecule has 3 aliphatic rings. The highest BCUT2D eigenvalue weighted by Gasteiger charge is 2.23. The number of aliphatic imine (C=N–C) groups is 1. The van der Waals surface area contributed by atoms with Crippen molar-refractivity contribution in [3.63, 3.8) is 0 Å². The Labute approximate surface area is 522 Å². The first-order valence-corrected chi connectivity index (χ1v) is 32.1. The number of halogens is 1. The van der Waals surface area contributed by atoms with Crippen molar-refractivity contribution in [3.05, 3.63) is 260 Å². The smallest absolute Gasteiger partial charge is 0.161 e. The van der Waals surface area contributed by atoms with Gasteiger partial charge in [-0.15, -0.1) is 34.0 Å². The van der Waals surface area contributed by atoms with Crippen molar-refractivity contribution in [1.29, 1.82) is 0 Å². The van der Waals surface area contributed by atoms with Crippen LogP contribution in [0.1, 0.15) is 93.5 Å². The molecule has 0 saturated heterocycles. The minimum absolute atomic E-state index is 0.183. The van der Waals surface area contributed by atoms with E-state index < -0.39 is 0 Å². The maximum atomic E-state index is 6.09. The number of nitrogens with zero attached hydrogens (tertiary/aromatic N) is 1. The zero-order chi connectivity index (χ0) is 59.2. The summed E-state index contributed by atoms with van der Waals surface area (Å²) in [4.78, 5) is 10.1. The summed E-state index contributed by atoms with van der Waals surface area (Å²) in [7, 11) is 5.07. The normalized spacial score (nSPS) is 14.8. The molecule has 6 heterocycles. The predicted molar refractivity (Wildman–Crippen MR) is 360 cm³/mol. The van der Waals surface area contributed by atoms with E-state index in [1.807, 2.05) is 71.9 Å². The average molecular weight is 1250 g/mol. The van der Waals surface area contributed by atoms with E-state index in [0.29, 0.717) is 19.8 Å². The number of nitrogens with one attached hydrogen (secondary N) is 2. The van der Waals surface area contributed by atoms with Crippen molar-refractivity contribution >= 4 is 74.4 Å². The van der Waals surface area contributed by atoms with Crippen molar-refractivity contribution in [3.8, 4) is 34.5 Å². The third kappa shape index (κ3) is 17.6. The molecule has 2 atom stereocenters. The number of ether oxygens (including phenoxy) is 6. The maximum Gasteiger partial charge on any atom is 0.161 e. The first-order chi connectivity index (χ1) is 41.7. The standard InChI is InChI=1S/2C24H25NO2S.C17H17NO2.C7H7BrS/c2*1-17-11-13-28-24(17)9-8-21-20-15-22(26-2)23(14-19(20)10-12-25-21)27-16-18-6-4-3-5-7-18;1-19-16-10-15-11-18-8-7-14(15)9-17(16)20-12-13-5-3-2-4-6-13;1-6-3-5-9-7(6)2-4-8/h2*3-9,11,13-15,21,25H,10,12,16H2,1-2H3;2-6,9-11H,7-8,12H2,1H3;2-5H,1H3/b2*9-8+;;4-2+. The Balaban J connectivity index is 0.000000144. The first-order valence-electron chi connectivity index (χ1n) is 28.5. The molecular weight excluding hydrogens is 1180 g/mol. The second kappa shape index (κ2) is 32.1. The summed E-state index contributed by atoms with van der Waals surface area (Å²) in [5.74, 6) is 4.74. The molecule has 0 radical (unpaired) electrons. The van der Waals surface area contributed by atoms with Gasteiger partial charge in [0.2, 0.25) is 0 Å². The topological polar surface area (TPSA) is 91.8 Å². The van der Waals surface area contributed by atoms with Gasteiger partial charge in [-0.1, -0.05) is 119 Å². The number of hydrogen-bond acceptors (Lipinski definition) is 12. The molecule has 12 rings (SSSR count). The maximum absolute atomic E-state index is 6.09. The van der Waals surface area contributed by atoms with Crippen LogP contribution < -0.4 is 39.1 Å². The fourth-order valence-electron chi connectivity index (χ4n) is 9.95. The summed E-state index contributed by atoms with van der Waals surface area (Å²) < 4.78 is 34.8.